The third kappa shape index (κ3) is 3.08. The van der Waals surface area contributed by atoms with Crippen LogP contribution < -0.4 is 4.74 Å². The summed E-state index contributed by atoms with van der Waals surface area (Å²) in [6, 6.07) is 8.40. The number of ether oxygens (including phenoxy) is 1. The van der Waals surface area contributed by atoms with Gasteiger partial charge in [-0.1, -0.05) is 0 Å². The van der Waals surface area contributed by atoms with Crippen molar-refractivity contribution in [2.24, 2.45) is 0 Å². The molecule has 3 rings (SSSR count). The van der Waals surface area contributed by atoms with Gasteiger partial charge >= 0.3 is 0 Å². The summed E-state index contributed by atoms with van der Waals surface area (Å²) in [5.74, 6) is 0.457. The number of nitro benzene ring substituents is 2. The van der Waals surface area contributed by atoms with E-state index in [1.807, 2.05) is 0 Å². The number of benzene rings is 2. The third-order valence-corrected chi connectivity index (χ3v) is 5.25. The number of sulfonamides is 1. The average Bonchev–Trinajstić information content (AvgIpc) is 3.42. The lowest BCUT2D eigenvalue weighted by atomic mass is 10.1. The zero-order valence-electron chi connectivity index (χ0n) is 13.1. The lowest BCUT2D eigenvalue weighted by Crippen LogP contribution is -2.13. The summed E-state index contributed by atoms with van der Waals surface area (Å²) in [6.07, 6.45) is -1.23. The molecule has 26 heavy (non-hydrogen) atoms. The van der Waals surface area contributed by atoms with Gasteiger partial charge in [0.2, 0.25) is 6.23 Å². The number of rotatable bonds is 6. The van der Waals surface area contributed by atoms with Crippen LogP contribution in [-0.2, 0) is 14.9 Å². The van der Waals surface area contributed by atoms with Gasteiger partial charge in [0.15, 0.2) is 0 Å². The van der Waals surface area contributed by atoms with E-state index in [-0.39, 0.29) is 10.5 Å². The monoisotopic (exact) mass is 381 g/mol. The van der Waals surface area contributed by atoms with E-state index in [1.165, 1.54) is 31.4 Å². The van der Waals surface area contributed by atoms with Crippen LogP contribution in [0.5, 0.6) is 5.75 Å². The van der Waals surface area contributed by atoms with Crippen molar-refractivity contribution in [2.45, 2.75) is 11.1 Å². The number of methoxy groups -OCH3 is 1. The van der Waals surface area contributed by atoms with Gasteiger partial charge in [-0.15, -0.1) is 0 Å². The van der Waals surface area contributed by atoms with Crippen molar-refractivity contribution in [1.29, 1.82) is 0 Å². The molecule has 1 heterocycles. The Morgan fingerprint density at radius 2 is 1.73 bits per heavy atom. The fourth-order valence-electron chi connectivity index (χ4n) is 2.29. The van der Waals surface area contributed by atoms with Gasteiger partial charge < -0.3 is 4.74 Å². The first-order valence-corrected chi connectivity index (χ1v) is 8.47. The molecule has 0 aromatic heterocycles. The number of nitrogens with zero attached hydrogens (tertiary/aromatic N) is 3. The van der Waals surface area contributed by atoms with E-state index in [9.17, 15) is 28.6 Å². The maximum absolute atomic E-state index is 12.5. The molecule has 1 saturated heterocycles. The Hall–Kier alpha value is -3.09. The van der Waals surface area contributed by atoms with Gasteiger partial charge in [0.05, 0.1) is 33.5 Å². The second-order valence-electron chi connectivity index (χ2n) is 5.15. The number of hydrogen-bond acceptors (Lipinski definition) is 8. The molecule has 0 saturated carbocycles. The maximum Gasteiger partial charge on any atom is 0.283 e. The maximum atomic E-state index is 12.5. The van der Waals surface area contributed by atoms with E-state index in [1.54, 1.807) is 0 Å². The molecular formula is C14H11N3O8S. The highest BCUT2D eigenvalue weighted by atomic mass is 32.2. The Morgan fingerprint density at radius 1 is 1.08 bits per heavy atom. The van der Waals surface area contributed by atoms with E-state index < -0.39 is 37.5 Å². The zero-order valence-corrected chi connectivity index (χ0v) is 14.0. The van der Waals surface area contributed by atoms with Crippen LogP contribution in [-0.4, -0.2) is 29.8 Å². The predicted molar refractivity (Wildman–Crippen MR) is 85.6 cm³/mol. The lowest BCUT2D eigenvalue weighted by Gasteiger charge is -2.04. The molecule has 2 aromatic carbocycles. The highest BCUT2D eigenvalue weighted by Crippen LogP contribution is 2.46. The van der Waals surface area contributed by atoms with Crippen molar-refractivity contribution in [3.8, 4) is 5.75 Å². The first kappa shape index (κ1) is 17.7. The molecule has 11 nitrogen and oxygen atoms in total. The number of hydrogen-bond donors (Lipinski definition) is 0. The summed E-state index contributed by atoms with van der Waals surface area (Å²) in [4.78, 5) is 25.2. The molecule has 0 amide bonds. The molecule has 12 heteroatoms. The molecule has 0 aliphatic carbocycles. The highest BCUT2D eigenvalue weighted by Gasteiger charge is 2.51. The second-order valence-corrected chi connectivity index (χ2v) is 6.93. The van der Waals surface area contributed by atoms with Gasteiger partial charge in [-0.05, 0) is 34.8 Å². The molecule has 0 bridgehead atoms. The largest absolute Gasteiger partial charge is 0.497 e. The summed E-state index contributed by atoms with van der Waals surface area (Å²) in [6.45, 7) is 0. The minimum atomic E-state index is -4.06. The van der Waals surface area contributed by atoms with Gasteiger partial charge in [-0.2, -0.15) is 0 Å². The van der Waals surface area contributed by atoms with Crippen LogP contribution in [0.4, 0.5) is 11.4 Å². The van der Waals surface area contributed by atoms with Gasteiger partial charge in [-0.3, -0.25) is 25.1 Å². The molecule has 2 aromatic rings. The Balaban J connectivity index is 1.92. The summed E-state index contributed by atoms with van der Waals surface area (Å²) < 4.78 is 30.6. The number of non-ortho nitro benzene ring substituents is 1. The van der Waals surface area contributed by atoms with Crippen LogP contribution in [0.2, 0.25) is 0 Å². The Kier molecular flexibility index (Phi) is 4.31. The molecule has 1 fully saturated rings. The zero-order chi connectivity index (χ0) is 19.1. The summed E-state index contributed by atoms with van der Waals surface area (Å²) in [5.41, 5.74) is -1.18. The molecule has 1 aliphatic heterocycles. The first-order chi connectivity index (χ1) is 12.3. The van der Waals surface area contributed by atoms with Crippen molar-refractivity contribution in [3.63, 3.8) is 0 Å². The van der Waals surface area contributed by atoms with Crippen LogP contribution in [0.1, 0.15) is 11.8 Å². The summed E-state index contributed by atoms with van der Waals surface area (Å²) in [5, 5.41) is 21.9. The van der Waals surface area contributed by atoms with Crippen LogP contribution in [0.15, 0.2) is 47.4 Å². The van der Waals surface area contributed by atoms with Crippen molar-refractivity contribution >= 4 is 21.4 Å². The standard InChI is InChI=1S/C14H11N3O8S/c1-24-10-3-5-11(6-4-10)26(22,23)17-14(25-17)12-7-2-9(15(18)19)8-13(12)16(20)21/h2-8,14H,1H3. The number of hydroxylamine groups is 1. The van der Waals surface area contributed by atoms with E-state index in [2.05, 4.69) is 0 Å². The van der Waals surface area contributed by atoms with Crippen LogP contribution in [0.25, 0.3) is 0 Å². The molecule has 1 aliphatic rings. The fourth-order valence-corrected chi connectivity index (χ4v) is 3.54. The average molecular weight is 381 g/mol. The van der Waals surface area contributed by atoms with Crippen LogP contribution in [0, 0.1) is 20.2 Å². The van der Waals surface area contributed by atoms with Crippen molar-refractivity contribution < 1.29 is 27.8 Å². The van der Waals surface area contributed by atoms with E-state index in [0.29, 0.717) is 10.2 Å². The lowest BCUT2D eigenvalue weighted by molar-refractivity contribution is -0.394. The van der Waals surface area contributed by atoms with Gasteiger partial charge in [0.25, 0.3) is 21.4 Å². The van der Waals surface area contributed by atoms with Gasteiger partial charge in [-0.25, -0.2) is 8.42 Å². The van der Waals surface area contributed by atoms with Crippen LogP contribution >= 0.6 is 0 Å². The van der Waals surface area contributed by atoms with Crippen molar-refractivity contribution in [1.82, 2.24) is 4.47 Å². The Labute approximate surface area is 146 Å². The third-order valence-electron chi connectivity index (χ3n) is 3.63. The summed E-state index contributed by atoms with van der Waals surface area (Å²) in [7, 11) is -2.63. The van der Waals surface area contributed by atoms with Crippen molar-refractivity contribution in [3.05, 3.63) is 68.3 Å². The molecule has 0 N–H and O–H groups in total. The van der Waals surface area contributed by atoms with Gasteiger partial charge in [0.1, 0.15) is 5.75 Å². The topological polar surface area (TPSA) is 145 Å². The van der Waals surface area contributed by atoms with E-state index in [0.717, 1.165) is 18.2 Å². The molecule has 2 unspecified atom stereocenters. The molecule has 2 atom stereocenters. The minimum Gasteiger partial charge on any atom is -0.497 e. The Bertz CT molecular complexity index is 990. The smallest absolute Gasteiger partial charge is 0.283 e. The Morgan fingerprint density at radius 3 is 2.27 bits per heavy atom. The SMILES string of the molecule is COc1ccc(S(=O)(=O)N2OC2c2ccc([N+](=O)[O-])cc2[N+](=O)[O-])cc1. The highest BCUT2D eigenvalue weighted by molar-refractivity contribution is 7.89. The fraction of sp³-hybridized carbons (Fsp3) is 0.143. The summed E-state index contributed by atoms with van der Waals surface area (Å²) >= 11 is 0. The molecule has 136 valence electrons. The van der Waals surface area contributed by atoms with E-state index >= 15 is 0 Å². The normalized spacial score (nSPS) is 19.0. The van der Waals surface area contributed by atoms with E-state index in [4.69, 9.17) is 9.57 Å². The molecular weight excluding hydrogens is 370 g/mol. The first-order valence-electron chi connectivity index (χ1n) is 7.03. The van der Waals surface area contributed by atoms with Crippen LogP contribution in [0.3, 0.4) is 0 Å². The van der Waals surface area contributed by atoms with Gasteiger partial charge in [0, 0.05) is 6.07 Å². The number of nitro groups is 2. The predicted octanol–water partition coefficient (Wildman–Crippen LogP) is 2.15. The molecule has 0 radical (unpaired) electrons. The van der Waals surface area contributed by atoms with Crippen molar-refractivity contribution in [2.75, 3.05) is 7.11 Å². The quantitative estimate of drug-likeness (QED) is 0.420. The minimum absolute atomic E-state index is 0.0923. The molecule has 0 spiro atoms. The second kappa shape index (κ2) is 6.33.